The van der Waals surface area contributed by atoms with Crippen LogP contribution >= 0.6 is 0 Å². The molecular weight excluding hydrogens is 208 g/mol. The van der Waals surface area contributed by atoms with Crippen LogP contribution in [0.3, 0.4) is 0 Å². The number of alkyl halides is 2. The van der Waals surface area contributed by atoms with E-state index in [2.05, 4.69) is 0 Å². The summed E-state index contributed by atoms with van der Waals surface area (Å²) in [6, 6.07) is 7.64. The van der Waals surface area contributed by atoms with Gasteiger partial charge in [0.15, 0.2) is 0 Å². The van der Waals surface area contributed by atoms with Gasteiger partial charge in [0.2, 0.25) is 0 Å². The molecule has 2 aliphatic rings. The van der Waals surface area contributed by atoms with Gasteiger partial charge >= 0.3 is 0 Å². The average molecular weight is 223 g/mol. The van der Waals surface area contributed by atoms with Crippen molar-refractivity contribution in [2.45, 2.75) is 36.5 Å². The van der Waals surface area contributed by atoms with Crippen molar-refractivity contribution in [2.24, 2.45) is 5.73 Å². The van der Waals surface area contributed by atoms with Crippen molar-refractivity contribution in [3.05, 3.63) is 35.4 Å². The van der Waals surface area contributed by atoms with E-state index < -0.39 is 11.3 Å². The van der Waals surface area contributed by atoms with Gasteiger partial charge in [0.25, 0.3) is 5.92 Å². The number of halogens is 2. The molecule has 1 nitrogen and oxygen atoms in total. The van der Waals surface area contributed by atoms with Crippen molar-refractivity contribution in [1.82, 2.24) is 0 Å². The first-order valence-electron chi connectivity index (χ1n) is 5.77. The molecule has 1 aromatic carbocycles. The molecule has 2 N–H and O–H groups in total. The minimum atomic E-state index is -2.61. The highest BCUT2D eigenvalue weighted by Gasteiger charge is 2.70. The Bertz CT molecular complexity index is 408. The maximum absolute atomic E-state index is 13.3. The Morgan fingerprint density at radius 3 is 2.12 bits per heavy atom. The summed E-state index contributed by atoms with van der Waals surface area (Å²) in [5.74, 6) is -1.94. The van der Waals surface area contributed by atoms with E-state index in [1.807, 2.05) is 24.3 Å². The average Bonchev–Trinajstić information content (AvgIpc) is 3.15. The molecule has 0 radical (unpaired) electrons. The van der Waals surface area contributed by atoms with Crippen LogP contribution in [0.25, 0.3) is 0 Å². The summed E-state index contributed by atoms with van der Waals surface area (Å²) in [7, 11) is 0. The predicted molar refractivity (Wildman–Crippen MR) is 58.7 cm³/mol. The Hall–Kier alpha value is -0.960. The van der Waals surface area contributed by atoms with Gasteiger partial charge in [0.1, 0.15) is 0 Å². The molecule has 0 heterocycles. The lowest BCUT2D eigenvalue weighted by molar-refractivity contribution is 0.0896. The monoisotopic (exact) mass is 223 g/mol. The fourth-order valence-corrected chi connectivity index (χ4v) is 2.48. The molecule has 0 aliphatic heterocycles. The number of hydrogen-bond donors (Lipinski definition) is 1. The normalized spacial score (nSPS) is 31.4. The molecule has 16 heavy (non-hydrogen) atoms. The summed E-state index contributed by atoms with van der Waals surface area (Å²) in [6.07, 6.45) is 2.37. The van der Waals surface area contributed by atoms with Crippen molar-refractivity contribution in [1.29, 1.82) is 0 Å². The molecule has 1 unspecified atom stereocenters. The third kappa shape index (κ3) is 1.31. The maximum atomic E-state index is 13.3. The largest absolute Gasteiger partial charge is 0.329 e. The fraction of sp³-hybridized carbons (Fsp3) is 0.538. The highest BCUT2D eigenvalue weighted by atomic mass is 19.3. The van der Waals surface area contributed by atoms with Gasteiger partial charge in [-0.25, -0.2) is 8.78 Å². The molecule has 2 saturated carbocycles. The zero-order chi connectivity index (χ0) is 11.4. The van der Waals surface area contributed by atoms with Crippen molar-refractivity contribution in [3.8, 4) is 0 Å². The Labute approximate surface area is 93.6 Å². The quantitative estimate of drug-likeness (QED) is 0.837. The van der Waals surface area contributed by atoms with Gasteiger partial charge in [-0.15, -0.1) is 0 Å². The second kappa shape index (κ2) is 3.04. The summed E-state index contributed by atoms with van der Waals surface area (Å²) >= 11 is 0. The lowest BCUT2D eigenvalue weighted by Crippen LogP contribution is -2.26. The van der Waals surface area contributed by atoms with Gasteiger partial charge in [0, 0.05) is 13.0 Å². The van der Waals surface area contributed by atoms with E-state index in [-0.39, 0.29) is 13.0 Å². The molecule has 1 aromatic rings. The Morgan fingerprint density at radius 2 is 1.75 bits per heavy atom. The van der Waals surface area contributed by atoms with E-state index in [1.54, 1.807) is 0 Å². The van der Waals surface area contributed by atoms with E-state index in [1.165, 1.54) is 18.4 Å². The van der Waals surface area contributed by atoms with Gasteiger partial charge in [-0.1, -0.05) is 24.3 Å². The molecule has 0 bridgehead atoms. The van der Waals surface area contributed by atoms with E-state index in [9.17, 15) is 8.78 Å². The Balaban J connectivity index is 1.89. The highest BCUT2D eigenvalue weighted by Crippen LogP contribution is 2.61. The van der Waals surface area contributed by atoms with Gasteiger partial charge < -0.3 is 5.73 Å². The Kier molecular flexibility index (Phi) is 1.94. The lowest BCUT2D eigenvalue weighted by atomic mass is 9.94. The van der Waals surface area contributed by atoms with Crippen LogP contribution in [0.1, 0.15) is 36.3 Å². The lowest BCUT2D eigenvalue weighted by Gasteiger charge is -2.14. The van der Waals surface area contributed by atoms with Gasteiger partial charge in [-0.05, 0) is 29.9 Å². The SMILES string of the molecule is NCC1(c2ccc(C3CC3)cc2)CC1(F)F. The third-order valence-corrected chi connectivity index (χ3v) is 3.96. The van der Waals surface area contributed by atoms with E-state index in [0.717, 1.165) is 0 Å². The molecule has 2 fully saturated rings. The molecule has 0 saturated heterocycles. The van der Waals surface area contributed by atoms with Crippen LogP contribution in [-0.2, 0) is 5.41 Å². The van der Waals surface area contributed by atoms with Gasteiger partial charge in [-0.3, -0.25) is 0 Å². The Morgan fingerprint density at radius 1 is 1.19 bits per heavy atom. The molecule has 86 valence electrons. The molecule has 0 spiro atoms. The highest BCUT2D eigenvalue weighted by molar-refractivity contribution is 5.40. The molecule has 2 aliphatic carbocycles. The van der Waals surface area contributed by atoms with Crippen LogP contribution in [0.5, 0.6) is 0 Å². The molecule has 0 aromatic heterocycles. The number of hydrogen-bond acceptors (Lipinski definition) is 1. The molecular formula is C13H15F2N. The van der Waals surface area contributed by atoms with Crippen LogP contribution in [0.2, 0.25) is 0 Å². The first-order valence-corrected chi connectivity index (χ1v) is 5.77. The van der Waals surface area contributed by atoms with E-state index in [4.69, 9.17) is 5.73 Å². The zero-order valence-electron chi connectivity index (χ0n) is 9.05. The molecule has 3 rings (SSSR count). The van der Waals surface area contributed by atoms with Crippen molar-refractivity contribution < 1.29 is 8.78 Å². The summed E-state index contributed by atoms with van der Waals surface area (Å²) in [6.45, 7) is 0.0305. The maximum Gasteiger partial charge on any atom is 0.260 e. The van der Waals surface area contributed by atoms with Gasteiger partial charge in [-0.2, -0.15) is 0 Å². The molecule has 0 amide bonds. The van der Waals surface area contributed by atoms with Crippen LogP contribution in [0, 0.1) is 0 Å². The molecule has 3 heteroatoms. The van der Waals surface area contributed by atoms with E-state index in [0.29, 0.717) is 11.5 Å². The topological polar surface area (TPSA) is 26.0 Å². The number of benzene rings is 1. The summed E-state index contributed by atoms with van der Waals surface area (Å²) in [5, 5.41) is 0. The predicted octanol–water partition coefficient (Wildman–Crippen LogP) is 2.80. The summed E-state index contributed by atoms with van der Waals surface area (Å²) < 4.78 is 26.7. The second-order valence-corrected chi connectivity index (χ2v) is 5.06. The third-order valence-electron chi connectivity index (χ3n) is 3.96. The van der Waals surface area contributed by atoms with Crippen molar-refractivity contribution in [2.75, 3.05) is 6.54 Å². The first-order chi connectivity index (χ1) is 7.59. The second-order valence-electron chi connectivity index (χ2n) is 5.06. The zero-order valence-corrected chi connectivity index (χ0v) is 9.05. The van der Waals surface area contributed by atoms with E-state index >= 15 is 0 Å². The fourth-order valence-electron chi connectivity index (χ4n) is 2.48. The van der Waals surface area contributed by atoms with Crippen molar-refractivity contribution in [3.63, 3.8) is 0 Å². The minimum Gasteiger partial charge on any atom is -0.329 e. The number of rotatable bonds is 3. The summed E-state index contributed by atoms with van der Waals surface area (Å²) in [4.78, 5) is 0. The first kappa shape index (κ1) is 10.2. The van der Waals surface area contributed by atoms with Crippen LogP contribution < -0.4 is 5.73 Å². The van der Waals surface area contributed by atoms with Crippen molar-refractivity contribution >= 4 is 0 Å². The van der Waals surface area contributed by atoms with Crippen LogP contribution in [-0.4, -0.2) is 12.5 Å². The van der Waals surface area contributed by atoms with Crippen LogP contribution in [0.4, 0.5) is 8.78 Å². The number of nitrogens with two attached hydrogens (primary N) is 1. The summed E-state index contributed by atoms with van der Waals surface area (Å²) in [5.41, 5.74) is 6.41. The molecule has 1 atom stereocenters. The smallest absolute Gasteiger partial charge is 0.260 e. The van der Waals surface area contributed by atoms with Gasteiger partial charge in [0.05, 0.1) is 5.41 Å². The standard InChI is InChI=1S/C13H15F2N/c14-13(15)7-12(13,8-16)11-5-3-10(4-6-11)9-1-2-9/h3-6,9H,1-2,7-8,16H2. The van der Waals surface area contributed by atoms with Crippen LogP contribution in [0.15, 0.2) is 24.3 Å². The minimum absolute atomic E-state index is 0.0305.